The van der Waals surface area contributed by atoms with Crippen LogP contribution >= 0.6 is 7.60 Å². The number of aromatic nitrogens is 2. The molecule has 1 aromatic rings. The van der Waals surface area contributed by atoms with Crippen LogP contribution in [0.5, 0.6) is 0 Å². The molecule has 0 spiro atoms. The number of hydrogen-bond donors (Lipinski definition) is 3. The molecule has 142 valence electrons. The second-order valence-corrected chi connectivity index (χ2v) is 7.89. The van der Waals surface area contributed by atoms with Gasteiger partial charge in [-0.25, -0.2) is 4.79 Å². The van der Waals surface area contributed by atoms with E-state index >= 15 is 0 Å². The summed E-state index contributed by atoms with van der Waals surface area (Å²) in [4.78, 5) is 43.7. The highest BCUT2D eigenvalue weighted by Crippen LogP contribution is 2.40. The average molecular weight is 378 g/mol. The zero-order valence-corrected chi connectivity index (χ0v) is 15.1. The van der Waals surface area contributed by atoms with Crippen LogP contribution in [0, 0.1) is 0 Å². The van der Waals surface area contributed by atoms with E-state index in [0.29, 0.717) is 0 Å². The molecule has 0 aliphatic carbocycles. The van der Waals surface area contributed by atoms with E-state index in [1.165, 1.54) is 23.9 Å². The summed E-state index contributed by atoms with van der Waals surface area (Å²) in [6.07, 6.45) is -2.11. The first-order valence-electron chi connectivity index (χ1n) is 7.82. The highest BCUT2D eigenvalue weighted by atomic mass is 31.2. The van der Waals surface area contributed by atoms with Crippen LogP contribution in [0.25, 0.3) is 0 Å². The average Bonchev–Trinajstić information content (AvgIpc) is 2.81. The Bertz CT molecular complexity index is 739. The lowest BCUT2D eigenvalue weighted by Gasteiger charge is -2.25. The van der Waals surface area contributed by atoms with Gasteiger partial charge in [0.25, 0.3) is 5.56 Å². The van der Waals surface area contributed by atoms with Crippen LogP contribution in [0.3, 0.4) is 0 Å². The Morgan fingerprint density at radius 2 is 2.04 bits per heavy atom. The fraction of sp³-hybridized carbons (Fsp3) is 0.714. The monoisotopic (exact) mass is 378 g/mol. The fourth-order valence-electron chi connectivity index (χ4n) is 2.82. The van der Waals surface area contributed by atoms with Crippen LogP contribution < -0.4 is 11.2 Å². The molecular formula is C14H23N2O8P. The van der Waals surface area contributed by atoms with Crippen molar-refractivity contribution in [2.24, 2.45) is 0 Å². The molecule has 1 aromatic heterocycles. The van der Waals surface area contributed by atoms with Crippen molar-refractivity contribution in [3.05, 3.63) is 33.1 Å². The summed E-state index contributed by atoms with van der Waals surface area (Å²) in [6.45, 7) is 3.62. The molecule has 25 heavy (non-hydrogen) atoms. The Balaban J connectivity index is 2.32. The van der Waals surface area contributed by atoms with Gasteiger partial charge < -0.3 is 24.0 Å². The van der Waals surface area contributed by atoms with E-state index in [9.17, 15) is 14.2 Å². The van der Waals surface area contributed by atoms with Gasteiger partial charge in [-0.05, 0) is 20.3 Å². The molecular weight excluding hydrogens is 355 g/mol. The molecule has 1 aliphatic rings. The van der Waals surface area contributed by atoms with Gasteiger partial charge in [-0.1, -0.05) is 0 Å². The standard InChI is InChI=1S/C14H23N2O8P/c1-8(2)23-11-9(5-7-25(19,20)21)24-13(12(11)22-3)16-6-4-10(17)15-14(16)18/h4,6,8-9,11-13H,5,7H2,1-3H3,(H,15,17,18)(H2,19,20,21)/t9-,11?,12?,13-/m1/s1. The van der Waals surface area contributed by atoms with Crippen molar-refractivity contribution in [3.8, 4) is 0 Å². The second kappa shape index (κ2) is 7.94. The third kappa shape index (κ3) is 5.10. The summed E-state index contributed by atoms with van der Waals surface area (Å²) in [6, 6.07) is 1.18. The summed E-state index contributed by atoms with van der Waals surface area (Å²) >= 11 is 0. The quantitative estimate of drug-likeness (QED) is 0.555. The van der Waals surface area contributed by atoms with Crippen molar-refractivity contribution in [3.63, 3.8) is 0 Å². The Kier molecular flexibility index (Phi) is 6.36. The van der Waals surface area contributed by atoms with E-state index in [4.69, 9.17) is 24.0 Å². The maximum atomic E-state index is 12.0. The van der Waals surface area contributed by atoms with Crippen LogP contribution in [-0.2, 0) is 18.8 Å². The van der Waals surface area contributed by atoms with Crippen molar-refractivity contribution >= 4 is 7.60 Å². The second-order valence-electron chi connectivity index (χ2n) is 6.11. The normalized spacial score (nSPS) is 27.1. The van der Waals surface area contributed by atoms with Gasteiger partial charge in [0.2, 0.25) is 0 Å². The van der Waals surface area contributed by atoms with Crippen molar-refractivity contribution in [1.29, 1.82) is 0 Å². The molecule has 0 radical (unpaired) electrons. The van der Waals surface area contributed by atoms with E-state index in [2.05, 4.69) is 4.98 Å². The molecule has 4 atom stereocenters. The maximum Gasteiger partial charge on any atom is 0.330 e. The van der Waals surface area contributed by atoms with Crippen LogP contribution in [0.4, 0.5) is 0 Å². The number of aromatic amines is 1. The molecule has 0 saturated carbocycles. The molecule has 3 N–H and O–H groups in total. The number of nitrogens with zero attached hydrogens (tertiary/aromatic N) is 1. The van der Waals surface area contributed by atoms with Crippen molar-refractivity contribution in [2.75, 3.05) is 13.3 Å². The summed E-state index contributed by atoms with van der Waals surface area (Å²) in [7, 11) is -2.78. The number of H-pyrrole nitrogens is 1. The van der Waals surface area contributed by atoms with Gasteiger partial charge in [-0.2, -0.15) is 0 Å². The van der Waals surface area contributed by atoms with E-state index in [1.54, 1.807) is 0 Å². The molecule has 1 saturated heterocycles. The van der Waals surface area contributed by atoms with Gasteiger partial charge in [-0.15, -0.1) is 0 Å². The van der Waals surface area contributed by atoms with Crippen LogP contribution in [0.15, 0.2) is 21.9 Å². The highest BCUT2D eigenvalue weighted by Gasteiger charge is 2.47. The van der Waals surface area contributed by atoms with Gasteiger partial charge in [0.15, 0.2) is 6.23 Å². The first-order chi connectivity index (χ1) is 11.6. The van der Waals surface area contributed by atoms with Gasteiger partial charge in [0, 0.05) is 19.4 Å². The zero-order chi connectivity index (χ0) is 18.8. The minimum atomic E-state index is -4.21. The van der Waals surface area contributed by atoms with Gasteiger partial charge >= 0.3 is 13.3 Å². The van der Waals surface area contributed by atoms with Crippen molar-refractivity contribution < 1.29 is 28.6 Å². The Morgan fingerprint density at radius 3 is 2.56 bits per heavy atom. The number of ether oxygens (including phenoxy) is 3. The van der Waals surface area contributed by atoms with Crippen molar-refractivity contribution in [1.82, 2.24) is 9.55 Å². The lowest BCUT2D eigenvalue weighted by atomic mass is 10.1. The summed E-state index contributed by atoms with van der Waals surface area (Å²) in [5.74, 6) is 0. The van der Waals surface area contributed by atoms with Gasteiger partial charge in [-0.3, -0.25) is 18.9 Å². The molecule has 1 fully saturated rings. The lowest BCUT2D eigenvalue weighted by molar-refractivity contribution is -0.0791. The Labute approximate surface area is 143 Å². The molecule has 0 amide bonds. The third-order valence-corrected chi connectivity index (χ3v) is 4.66. The van der Waals surface area contributed by atoms with E-state index < -0.39 is 43.4 Å². The molecule has 2 heterocycles. The minimum absolute atomic E-state index is 0.0378. The minimum Gasteiger partial charge on any atom is -0.374 e. The first kappa shape index (κ1) is 20.0. The number of methoxy groups -OCH3 is 1. The third-order valence-electron chi connectivity index (χ3n) is 3.82. The largest absolute Gasteiger partial charge is 0.374 e. The number of rotatable bonds is 7. The van der Waals surface area contributed by atoms with E-state index in [0.717, 1.165) is 0 Å². The predicted molar refractivity (Wildman–Crippen MR) is 87.6 cm³/mol. The summed E-state index contributed by atoms with van der Waals surface area (Å²) in [5, 5.41) is 0. The molecule has 0 bridgehead atoms. The molecule has 1 aliphatic heterocycles. The van der Waals surface area contributed by atoms with Crippen LogP contribution in [0.1, 0.15) is 26.5 Å². The van der Waals surface area contributed by atoms with Crippen LogP contribution in [-0.4, -0.2) is 57.0 Å². The maximum absolute atomic E-state index is 12.0. The summed E-state index contributed by atoms with van der Waals surface area (Å²) < 4.78 is 29.4. The van der Waals surface area contributed by atoms with E-state index in [1.807, 2.05) is 13.8 Å². The fourth-order valence-corrected chi connectivity index (χ4v) is 3.41. The van der Waals surface area contributed by atoms with Crippen LogP contribution in [0.2, 0.25) is 0 Å². The lowest BCUT2D eigenvalue weighted by Crippen LogP contribution is -2.40. The van der Waals surface area contributed by atoms with Gasteiger partial charge in [0.1, 0.15) is 12.2 Å². The van der Waals surface area contributed by atoms with E-state index in [-0.39, 0.29) is 18.7 Å². The Morgan fingerprint density at radius 1 is 1.36 bits per heavy atom. The molecule has 0 aromatic carbocycles. The highest BCUT2D eigenvalue weighted by molar-refractivity contribution is 7.51. The molecule has 2 rings (SSSR count). The van der Waals surface area contributed by atoms with Gasteiger partial charge in [0.05, 0.1) is 18.4 Å². The number of nitrogens with one attached hydrogen (secondary N) is 1. The van der Waals surface area contributed by atoms with Crippen molar-refractivity contribution in [2.45, 2.75) is 50.9 Å². The Hall–Kier alpha value is -1.29. The SMILES string of the molecule is COC1C(OC(C)C)[C@@H](CCP(=O)(O)O)O[C@H]1n1ccc(=O)[nH]c1=O. The number of hydrogen-bond acceptors (Lipinski definition) is 6. The molecule has 10 nitrogen and oxygen atoms in total. The predicted octanol–water partition coefficient (Wildman–Crippen LogP) is -0.190. The molecule has 11 heteroatoms. The first-order valence-corrected chi connectivity index (χ1v) is 9.62. The topological polar surface area (TPSA) is 140 Å². The summed E-state index contributed by atoms with van der Waals surface area (Å²) in [5.41, 5.74) is -1.21. The molecule has 2 unspecified atom stereocenters. The zero-order valence-electron chi connectivity index (χ0n) is 14.2. The smallest absolute Gasteiger partial charge is 0.330 e.